The number of hydrogen-bond acceptors (Lipinski definition) is 1. The molecule has 0 aromatic carbocycles. The van der Waals surface area contributed by atoms with Crippen molar-refractivity contribution in [1.82, 2.24) is 0 Å². The lowest BCUT2D eigenvalue weighted by Crippen LogP contribution is -3.00. The maximum Gasteiger partial charge on any atom is 0.171 e. The van der Waals surface area contributed by atoms with Crippen LogP contribution in [0.1, 0.15) is 5.56 Å². The highest BCUT2D eigenvalue weighted by molar-refractivity contribution is 5.44. The van der Waals surface area contributed by atoms with E-state index in [-0.39, 0.29) is 19.0 Å². The number of aromatic nitrogens is 1. The highest BCUT2D eigenvalue weighted by Crippen LogP contribution is 1.94. The van der Waals surface area contributed by atoms with Crippen molar-refractivity contribution in [3.8, 4) is 0 Å². The standard InChI is InChI=1S/C9H12NO.ClH/c1-2-9-3-5-10(6-4-9)7-8-11;/h2-6,11H,1,7-8H2;1H/q+1;/p-1. The highest BCUT2D eigenvalue weighted by atomic mass is 35.5. The minimum absolute atomic E-state index is 0. The Morgan fingerprint density at radius 3 is 2.42 bits per heavy atom. The van der Waals surface area contributed by atoms with Crippen molar-refractivity contribution in [2.45, 2.75) is 6.54 Å². The van der Waals surface area contributed by atoms with Crippen LogP contribution in [-0.2, 0) is 6.54 Å². The Balaban J connectivity index is 0.00000121. The summed E-state index contributed by atoms with van der Waals surface area (Å²) in [6.07, 6.45) is 5.64. The van der Waals surface area contributed by atoms with Gasteiger partial charge in [-0.3, -0.25) is 0 Å². The van der Waals surface area contributed by atoms with E-state index >= 15 is 0 Å². The lowest BCUT2D eigenvalue weighted by atomic mass is 10.3. The molecule has 0 unspecified atom stereocenters. The molecule has 0 spiro atoms. The molecule has 3 heteroatoms. The molecule has 12 heavy (non-hydrogen) atoms. The van der Waals surface area contributed by atoms with Crippen molar-refractivity contribution in [2.24, 2.45) is 0 Å². The molecule has 2 nitrogen and oxygen atoms in total. The molecule has 1 heterocycles. The predicted molar refractivity (Wildman–Crippen MR) is 43.8 cm³/mol. The topological polar surface area (TPSA) is 24.1 Å². The summed E-state index contributed by atoms with van der Waals surface area (Å²) in [6, 6.07) is 3.92. The van der Waals surface area contributed by atoms with Crippen LogP contribution in [0, 0.1) is 0 Å². The quantitative estimate of drug-likeness (QED) is 0.523. The van der Waals surface area contributed by atoms with Gasteiger partial charge < -0.3 is 17.5 Å². The van der Waals surface area contributed by atoms with Crippen molar-refractivity contribution < 1.29 is 22.1 Å². The molecule has 66 valence electrons. The fourth-order valence-electron chi connectivity index (χ4n) is 0.869. The van der Waals surface area contributed by atoms with Gasteiger partial charge >= 0.3 is 0 Å². The summed E-state index contributed by atoms with van der Waals surface area (Å²) in [4.78, 5) is 0. The Morgan fingerprint density at radius 1 is 1.42 bits per heavy atom. The molecule has 1 rings (SSSR count). The molecule has 0 bridgehead atoms. The molecule has 0 saturated carbocycles. The number of aliphatic hydroxyl groups excluding tert-OH is 1. The van der Waals surface area contributed by atoms with Crippen molar-refractivity contribution in [1.29, 1.82) is 0 Å². The molecule has 0 fully saturated rings. The molecule has 0 amide bonds. The Bertz CT molecular complexity index is 233. The Labute approximate surface area is 78.6 Å². The van der Waals surface area contributed by atoms with Gasteiger partial charge in [0.25, 0.3) is 0 Å². The Kier molecular flexibility index (Phi) is 5.34. The lowest BCUT2D eigenvalue weighted by molar-refractivity contribution is -0.698. The molecular weight excluding hydrogens is 174 g/mol. The summed E-state index contributed by atoms with van der Waals surface area (Å²) in [5.41, 5.74) is 1.10. The van der Waals surface area contributed by atoms with Crippen LogP contribution in [0.15, 0.2) is 31.1 Å². The lowest BCUT2D eigenvalue weighted by Gasteiger charge is -1.92. The van der Waals surface area contributed by atoms with E-state index < -0.39 is 0 Å². The maximum atomic E-state index is 8.61. The van der Waals surface area contributed by atoms with Crippen molar-refractivity contribution in [2.75, 3.05) is 6.61 Å². The van der Waals surface area contributed by atoms with E-state index in [0.29, 0.717) is 6.54 Å². The van der Waals surface area contributed by atoms with Gasteiger partial charge in [-0.05, 0) is 5.56 Å². The molecule has 1 N–H and O–H groups in total. The predicted octanol–water partition coefficient (Wildman–Crippen LogP) is -2.39. The highest BCUT2D eigenvalue weighted by Gasteiger charge is 1.95. The van der Waals surface area contributed by atoms with Crippen LogP contribution >= 0.6 is 0 Å². The van der Waals surface area contributed by atoms with Crippen LogP contribution in [-0.4, -0.2) is 11.7 Å². The molecule has 0 radical (unpaired) electrons. The fraction of sp³-hybridized carbons (Fsp3) is 0.222. The third-order valence-corrected chi connectivity index (χ3v) is 1.51. The smallest absolute Gasteiger partial charge is 0.171 e. The van der Waals surface area contributed by atoms with E-state index in [1.54, 1.807) is 6.08 Å². The Hall–Kier alpha value is -0.860. The minimum Gasteiger partial charge on any atom is -1.00 e. The number of nitrogens with zero attached hydrogens (tertiary/aromatic N) is 1. The van der Waals surface area contributed by atoms with Gasteiger partial charge in [0, 0.05) is 12.1 Å². The van der Waals surface area contributed by atoms with E-state index in [0.717, 1.165) is 5.56 Å². The average molecular weight is 186 g/mol. The summed E-state index contributed by atoms with van der Waals surface area (Å²) in [6.45, 7) is 4.48. The van der Waals surface area contributed by atoms with E-state index in [1.807, 2.05) is 29.1 Å². The summed E-state index contributed by atoms with van der Waals surface area (Å²) in [5.74, 6) is 0. The fourth-order valence-corrected chi connectivity index (χ4v) is 0.869. The van der Waals surface area contributed by atoms with Crippen molar-refractivity contribution >= 4 is 6.08 Å². The van der Waals surface area contributed by atoms with Crippen molar-refractivity contribution in [3.63, 3.8) is 0 Å². The van der Waals surface area contributed by atoms with E-state index in [2.05, 4.69) is 6.58 Å². The molecule has 0 aliphatic carbocycles. The average Bonchev–Trinajstić information content (AvgIpc) is 2.07. The van der Waals surface area contributed by atoms with Gasteiger partial charge in [0.1, 0.15) is 6.61 Å². The maximum absolute atomic E-state index is 8.61. The molecule has 0 aliphatic heterocycles. The largest absolute Gasteiger partial charge is 1.00 e. The van der Waals surface area contributed by atoms with Crippen molar-refractivity contribution in [3.05, 3.63) is 36.7 Å². The first-order valence-electron chi connectivity index (χ1n) is 3.59. The van der Waals surface area contributed by atoms with Crippen LogP contribution in [0.2, 0.25) is 0 Å². The normalized spacial score (nSPS) is 8.75. The molecule has 0 saturated heterocycles. The summed E-state index contributed by atoms with van der Waals surface area (Å²) in [7, 11) is 0. The Morgan fingerprint density at radius 2 is 2.00 bits per heavy atom. The van der Waals surface area contributed by atoms with Crippen LogP contribution in [0.4, 0.5) is 0 Å². The first kappa shape index (κ1) is 11.1. The molecule has 1 aromatic rings. The SMILES string of the molecule is C=Cc1cc[n+](CCO)cc1.[Cl-]. The number of rotatable bonds is 3. The third-order valence-electron chi connectivity index (χ3n) is 1.51. The third kappa shape index (κ3) is 3.03. The van der Waals surface area contributed by atoms with Gasteiger partial charge in [-0.15, -0.1) is 0 Å². The van der Waals surface area contributed by atoms with Gasteiger partial charge in [0.05, 0.1) is 0 Å². The summed E-state index contributed by atoms with van der Waals surface area (Å²) in [5, 5.41) is 8.61. The molecular formula is C9H12ClNO. The van der Waals surface area contributed by atoms with Gasteiger partial charge in [-0.25, -0.2) is 4.57 Å². The number of pyridine rings is 1. The van der Waals surface area contributed by atoms with Gasteiger partial charge in [-0.1, -0.05) is 12.7 Å². The van der Waals surface area contributed by atoms with E-state index in [4.69, 9.17) is 5.11 Å². The number of aliphatic hydroxyl groups is 1. The van der Waals surface area contributed by atoms with Gasteiger partial charge in [-0.2, -0.15) is 0 Å². The molecule has 1 aromatic heterocycles. The van der Waals surface area contributed by atoms with Gasteiger partial charge in [0.2, 0.25) is 0 Å². The van der Waals surface area contributed by atoms with E-state index in [1.165, 1.54) is 0 Å². The number of hydrogen-bond donors (Lipinski definition) is 1. The number of halogens is 1. The molecule has 0 atom stereocenters. The van der Waals surface area contributed by atoms with Crippen LogP contribution in [0.25, 0.3) is 6.08 Å². The first-order valence-corrected chi connectivity index (χ1v) is 3.59. The second-order valence-corrected chi connectivity index (χ2v) is 2.30. The minimum atomic E-state index is 0. The van der Waals surface area contributed by atoms with Crippen LogP contribution in [0.3, 0.4) is 0 Å². The second-order valence-electron chi connectivity index (χ2n) is 2.30. The monoisotopic (exact) mass is 185 g/mol. The first-order chi connectivity index (χ1) is 5.36. The second kappa shape index (κ2) is 5.75. The molecule has 0 aliphatic rings. The zero-order valence-electron chi connectivity index (χ0n) is 6.78. The summed E-state index contributed by atoms with van der Waals surface area (Å²) >= 11 is 0. The van der Waals surface area contributed by atoms with Gasteiger partial charge in [0.15, 0.2) is 18.9 Å². The summed E-state index contributed by atoms with van der Waals surface area (Å²) < 4.78 is 1.92. The van der Waals surface area contributed by atoms with E-state index in [9.17, 15) is 0 Å². The zero-order valence-corrected chi connectivity index (χ0v) is 7.54. The van der Waals surface area contributed by atoms with Crippen LogP contribution < -0.4 is 17.0 Å². The zero-order chi connectivity index (χ0) is 8.10. The van der Waals surface area contributed by atoms with Crippen LogP contribution in [0.5, 0.6) is 0 Å².